The maximum atomic E-state index is 5.66. The van der Waals surface area contributed by atoms with Gasteiger partial charge in [0.05, 0.1) is 5.88 Å². The molecule has 0 amide bonds. The molecule has 0 aliphatic carbocycles. The summed E-state index contributed by atoms with van der Waals surface area (Å²) in [5, 5.41) is 1.03. The summed E-state index contributed by atoms with van der Waals surface area (Å²) in [6.45, 7) is 0. The van der Waals surface area contributed by atoms with E-state index in [-0.39, 0.29) is 0 Å². The summed E-state index contributed by atoms with van der Waals surface area (Å²) >= 11 is 7.28. The van der Waals surface area contributed by atoms with E-state index in [1.165, 1.54) is 0 Å². The summed E-state index contributed by atoms with van der Waals surface area (Å²) in [5.74, 6) is 0.546. The Morgan fingerprint density at radius 2 is 2.50 bits per heavy atom. The third kappa shape index (κ3) is 1.64. The van der Waals surface area contributed by atoms with Crippen molar-refractivity contribution in [2.75, 3.05) is 6.26 Å². The van der Waals surface area contributed by atoms with E-state index in [4.69, 9.17) is 11.6 Å². The number of aromatic nitrogens is 1. The molecule has 1 rings (SSSR count). The molecule has 0 aromatic carbocycles. The summed E-state index contributed by atoms with van der Waals surface area (Å²) in [7, 11) is 0. The molecule has 0 radical (unpaired) electrons. The Morgan fingerprint density at radius 1 is 1.70 bits per heavy atom. The largest absolute Gasteiger partial charge is 0.250 e. The summed E-state index contributed by atoms with van der Waals surface area (Å²) in [6.07, 6.45) is 3.78. The molecule has 0 bridgehead atoms. The highest BCUT2D eigenvalue weighted by molar-refractivity contribution is 7.98. The molecule has 0 aliphatic heterocycles. The van der Waals surface area contributed by atoms with Crippen LogP contribution in [0.15, 0.2) is 23.4 Å². The van der Waals surface area contributed by atoms with Gasteiger partial charge in [0.25, 0.3) is 0 Å². The summed E-state index contributed by atoms with van der Waals surface area (Å²) in [5.41, 5.74) is 1.11. The van der Waals surface area contributed by atoms with E-state index in [1.807, 2.05) is 18.4 Å². The second-order valence-corrected chi connectivity index (χ2v) is 2.87. The number of hydrogen-bond donors (Lipinski definition) is 0. The van der Waals surface area contributed by atoms with Gasteiger partial charge in [0.1, 0.15) is 5.03 Å². The van der Waals surface area contributed by atoms with E-state index in [9.17, 15) is 0 Å². The highest BCUT2D eigenvalue weighted by Gasteiger charge is 1.97. The van der Waals surface area contributed by atoms with Crippen LogP contribution in [0.4, 0.5) is 0 Å². The number of nitrogens with zero attached hydrogens (tertiary/aromatic N) is 1. The Bertz CT molecular complexity index is 192. The van der Waals surface area contributed by atoms with Crippen LogP contribution in [0.25, 0.3) is 0 Å². The number of hydrogen-bond acceptors (Lipinski definition) is 2. The topological polar surface area (TPSA) is 12.9 Å². The van der Waals surface area contributed by atoms with Gasteiger partial charge in [0.2, 0.25) is 0 Å². The molecule has 1 aromatic heterocycles. The number of alkyl halides is 1. The van der Waals surface area contributed by atoms with Crippen LogP contribution >= 0.6 is 23.4 Å². The molecule has 54 valence electrons. The van der Waals surface area contributed by atoms with E-state index in [1.54, 1.807) is 18.0 Å². The van der Waals surface area contributed by atoms with E-state index < -0.39 is 0 Å². The molecule has 1 nitrogen and oxygen atoms in total. The van der Waals surface area contributed by atoms with Crippen LogP contribution in [0.1, 0.15) is 5.56 Å². The first-order valence-corrected chi connectivity index (χ1v) is 4.68. The number of thioether (sulfide) groups is 1. The van der Waals surface area contributed by atoms with Crippen molar-refractivity contribution in [3.63, 3.8) is 0 Å². The lowest BCUT2D eigenvalue weighted by Gasteiger charge is -1.99. The lowest BCUT2D eigenvalue weighted by atomic mass is 10.3. The monoisotopic (exact) mass is 173 g/mol. The fourth-order valence-corrected chi connectivity index (χ4v) is 1.57. The molecule has 0 unspecified atom stereocenters. The molecular formula is C7H8ClNS. The summed E-state index contributed by atoms with van der Waals surface area (Å²) < 4.78 is 0. The molecule has 1 aromatic rings. The molecule has 0 spiro atoms. The predicted molar refractivity (Wildman–Crippen MR) is 45.6 cm³/mol. The van der Waals surface area contributed by atoms with E-state index >= 15 is 0 Å². The molecule has 0 saturated heterocycles. The first-order valence-electron chi connectivity index (χ1n) is 2.92. The van der Waals surface area contributed by atoms with Crippen molar-refractivity contribution in [1.82, 2.24) is 4.98 Å². The highest BCUT2D eigenvalue weighted by Crippen LogP contribution is 2.17. The van der Waals surface area contributed by atoms with Gasteiger partial charge in [-0.1, -0.05) is 6.07 Å². The first kappa shape index (κ1) is 7.89. The predicted octanol–water partition coefficient (Wildman–Crippen LogP) is 2.54. The Labute approximate surface area is 69.8 Å². The summed E-state index contributed by atoms with van der Waals surface area (Å²) in [6, 6.07) is 3.89. The van der Waals surface area contributed by atoms with Crippen LogP contribution in [0.3, 0.4) is 0 Å². The third-order valence-corrected chi connectivity index (χ3v) is 2.23. The van der Waals surface area contributed by atoms with E-state index in [0.29, 0.717) is 5.88 Å². The van der Waals surface area contributed by atoms with Crippen LogP contribution in [-0.4, -0.2) is 11.2 Å². The number of halogens is 1. The van der Waals surface area contributed by atoms with Crippen molar-refractivity contribution in [2.45, 2.75) is 10.9 Å². The molecule has 0 fully saturated rings. The van der Waals surface area contributed by atoms with Crippen molar-refractivity contribution in [2.24, 2.45) is 0 Å². The Kier molecular flexibility index (Phi) is 3.03. The van der Waals surface area contributed by atoms with E-state index in [2.05, 4.69) is 4.98 Å². The van der Waals surface area contributed by atoms with E-state index in [0.717, 1.165) is 10.6 Å². The smallest absolute Gasteiger partial charge is 0.100 e. The van der Waals surface area contributed by atoms with Gasteiger partial charge >= 0.3 is 0 Å². The van der Waals surface area contributed by atoms with Gasteiger partial charge in [-0.05, 0) is 17.9 Å². The fraction of sp³-hybridized carbons (Fsp3) is 0.286. The molecular weight excluding hydrogens is 166 g/mol. The second kappa shape index (κ2) is 3.84. The van der Waals surface area contributed by atoms with Crippen molar-refractivity contribution >= 4 is 23.4 Å². The van der Waals surface area contributed by atoms with Crippen molar-refractivity contribution < 1.29 is 0 Å². The van der Waals surface area contributed by atoms with Crippen LogP contribution in [0.2, 0.25) is 0 Å². The molecule has 0 atom stereocenters. The number of pyridine rings is 1. The van der Waals surface area contributed by atoms with Crippen LogP contribution in [0.5, 0.6) is 0 Å². The first-order chi connectivity index (χ1) is 4.88. The van der Waals surface area contributed by atoms with Crippen LogP contribution in [-0.2, 0) is 5.88 Å². The maximum absolute atomic E-state index is 5.66. The van der Waals surface area contributed by atoms with Crippen molar-refractivity contribution in [1.29, 1.82) is 0 Å². The Hall–Kier alpha value is -0.210. The van der Waals surface area contributed by atoms with Gasteiger partial charge in [0, 0.05) is 6.20 Å². The maximum Gasteiger partial charge on any atom is 0.100 e. The zero-order chi connectivity index (χ0) is 7.40. The standard InChI is InChI=1S/C7H8ClNS/c1-10-7-6(5-8)3-2-4-9-7/h2-4H,5H2,1H3. The number of rotatable bonds is 2. The third-order valence-electron chi connectivity index (χ3n) is 1.19. The Morgan fingerprint density at radius 3 is 3.00 bits per heavy atom. The minimum atomic E-state index is 0.546. The average Bonchev–Trinajstić information content (AvgIpc) is 2.04. The average molecular weight is 174 g/mol. The normalized spacial score (nSPS) is 9.80. The SMILES string of the molecule is CSc1ncccc1CCl. The highest BCUT2D eigenvalue weighted by atomic mass is 35.5. The van der Waals surface area contributed by atoms with Gasteiger partial charge < -0.3 is 0 Å². The van der Waals surface area contributed by atoms with Gasteiger partial charge in [-0.25, -0.2) is 4.98 Å². The van der Waals surface area contributed by atoms with Crippen molar-refractivity contribution in [3.05, 3.63) is 23.9 Å². The van der Waals surface area contributed by atoms with Crippen LogP contribution in [0, 0.1) is 0 Å². The molecule has 0 N–H and O–H groups in total. The van der Waals surface area contributed by atoms with Gasteiger partial charge in [-0.15, -0.1) is 23.4 Å². The van der Waals surface area contributed by atoms with Gasteiger partial charge in [-0.3, -0.25) is 0 Å². The lowest BCUT2D eigenvalue weighted by Crippen LogP contribution is -1.85. The zero-order valence-corrected chi connectivity index (χ0v) is 7.25. The Balaban J connectivity index is 2.96. The van der Waals surface area contributed by atoms with Crippen molar-refractivity contribution in [3.8, 4) is 0 Å². The molecule has 0 aliphatic rings. The molecule has 0 saturated carbocycles. The van der Waals surface area contributed by atoms with Gasteiger partial charge in [-0.2, -0.15) is 0 Å². The lowest BCUT2D eigenvalue weighted by molar-refractivity contribution is 1.07. The molecule has 3 heteroatoms. The quantitative estimate of drug-likeness (QED) is 0.504. The second-order valence-electron chi connectivity index (χ2n) is 1.81. The minimum absolute atomic E-state index is 0.546. The van der Waals surface area contributed by atoms with Gasteiger partial charge in [0.15, 0.2) is 0 Å². The summed E-state index contributed by atoms with van der Waals surface area (Å²) in [4.78, 5) is 4.15. The molecule has 10 heavy (non-hydrogen) atoms. The molecule has 1 heterocycles. The fourth-order valence-electron chi connectivity index (χ4n) is 0.710. The minimum Gasteiger partial charge on any atom is -0.250 e. The van der Waals surface area contributed by atoms with Crippen LogP contribution < -0.4 is 0 Å². The zero-order valence-electron chi connectivity index (χ0n) is 5.67.